The van der Waals surface area contributed by atoms with Gasteiger partial charge in [0.1, 0.15) is 0 Å². The third kappa shape index (κ3) is 6.08. The minimum Gasteiger partial charge on any atom is -0.332 e. The molecule has 0 saturated heterocycles. The summed E-state index contributed by atoms with van der Waals surface area (Å²) in [4.78, 5) is 27.7. The smallest absolute Gasteiger partial charge is 0.319 e. The number of benzene rings is 1. The Balaban J connectivity index is 1.80. The number of carbonyl (C=O) groups excluding carboxylic acids is 2. The maximum atomic E-state index is 11.9. The van der Waals surface area contributed by atoms with Crippen LogP contribution in [0.5, 0.6) is 0 Å². The summed E-state index contributed by atoms with van der Waals surface area (Å²) in [5, 5.41) is 8.29. The van der Waals surface area contributed by atoms with E-state index in [0.29, 0.717) is 30.3 Å². The molecule has 0 fully saturated rings. The quantitative estimate of drug-likeness (QED) is 0.761. The molecule has 3 N–H and O–H groups in total. The van der Waals surface area contributed by atoms with Crippen molar-refractivity contribution in [2.75, 3.05) is 10.6 Å². The Bertz CT molecular complexity index is 669. The highest BCUT2D eigenvalue weighted by molar-refractivity contribution is 5.92. The van der Waals surface area contributed by atoms with Crippen molar-refractivity contribution >= 4 is 23.3 Å². The van der Waals surface area contributed by atoms with Gasteiger partial charge in [0, 0.05) is 24.0 Å². The van der Waals surface area contributed by atoms with Crippen molar-refractivity contribution < 1.29 is 9.59 Å². The number of amides is 3. The van der Waals surface area contributed by atoms with Gasteiger partial charge >= 0.3 is 6.03 Å². The van der Waals surface area contributed by atoms with Crippen molar-refractivity contribution in [3.8, 4) is 0 Å². The Morgan fingerprint density at radius 2 is 1.67 bits per heavy atom. The van der Waals surface area contributed by atoms with E-state index in [1.54, 1.807) is 30.5 Å². The van der Waals surface area contributed by atoms with Crippen molar-refractivity contribution in [1.29, 1.82) is 0 Å². The lowest BCUT2D eigenvalue weighted by molar-refractivity contribution is -0.116. The Kier molecular flexibility index (Phi) is 6.31. The first kappa shape index (κ1) is 17.5. The highest BCUT2D eigenvalue weighted by Gasteiger charge is 2.06. The first-order valence-corrected chi connectivity index (χ1v) is 7.87. The Morgan fingerprint density at radius 1 is 1.00 bits per heavy atom. The SMILES string of the molecule is CC(C)CC(=O)Nc1ccc(NC(=O)NCc2ccccn2)cc1. The third-order valence-electron chi connectivity index (χ3n) is 3.18. The van der Waals surface area contributed by atoms with Gasteiger partial charge in [0.2, 0.25) is 5.91 Å². The van der Waals surface area contributed by atoms with Gasteiger partial charge in [-0.1, -0.05) is 19.9 Å². The molecule has 0 bridgehead atoms. The van der Waals surface area contributed by atoms with E-state index in [1.165, 1.54) is 0 Å². The summed E-state index contributed by atoms with van der Waals surface area (Å²) in [5.41, 5.74) is 2.14. The number of nitrogens with one attached hydrogen (secondary N) is 3. The zero-order valence-electron chi connectivity index (χ0n) is 13.9. The van der Waals surface area contributed by atoms with Gasteiger partial charge in [-0.2, -0.15) is 0 Å². The number of anilines is 2. The van der Waals surface area contributed by atoms with Crippen molar-refractivity contribution in [3.05, 3.63) is 54.4 Å². The standard InChI is InChI=1S/C18H22N4O2/c1-13(2)11-17(23)21-14-6-8-15(9-7-14)22-18(24)20-12-16-5-3-4-10-19-16/h3-10,13H,11-12H2,1-2H3,(H,21,23)(H2,20,22,24). The van der Waals surface area contributed by atoms with Crippen LogP contribution in [-0.4, -0.2) is 16.9 Å². The Labute approximate surface area is 141 Å². The van der Waals surface area contributed by atoms with E-state index in [9.17, 15) is 9.59 Å². The van der Waals surface area contributed by atoms with Crippen molar-refractivity contribution in [3.63, 3.8) is 0 Å². The van der Waals surface area contributed by atoms with Crippen molar-refractivity contribution in [2.45, 2.75) is 26.8 Å². The van der Waals surface area contributed by atoms with Crippen LogP contribution in [-0.2, 0) is 11.3 Å². The second-order valence-electron chi connectivity index (χ2n) is 5.85. The molecular formula is C18H22N4O2. The minimum absolute atomic E-state index is 0.0150. The molecule has 1 aromatic heterocycles. The molecule has 2 aromatic rings. The molecule has 0 saturated carbocycles. The summed E-state index contributed by atoms with van der Waals surface area (Å²) in [6.07, 6.45) is 2.16. The average Bonchev–Trinajstić information content (AvgIpc) is 2.55. The Morgan fingerprint density at radius 3 is 2.25 bits per heavy atom. The van der Waals surface area contributed by atoms with Crippen LogP contribution in [0.1, 0.15) is 26.0 Å². The van der Waals surface area contributed by atoms with Crippen LogP contribution in [0.15, 0.2) is 48.7 Å². The molecule has 3 amide bonds. The molecule has 0 aliphatic rings. The van der Waals surface area contributed by atoms with Gasteiger partial charge in [-0.15, -0.1) is 0 Å². The summed E-state index contributed by atoms with van der Waals surface area (Å²) in [6.45, 7) is 4.35. The lowest BCUT2D eigenvalue weighted by atomic mass is 10.1. The number of pyridine rings is 1. The average molecular weight is 326 g/mol. The van der Waals surface area contributed by atoms with Crippen LogP contribution >= 0.6 is 0 Å². The summed E-state index contributed by atoms with van der Waals surface area (Å²) in [7, 11) is 0. The van der Waals surface area contributed by atoms with Gasteiger partial charge in [0.15, 0.2) is 0 Å². The number of hydrogen-bond donors (Lipinski definition) is 3. The number of nitrogens with zero attached hydrogens (tertiary/aromatic N) is 1. The first-order valence-electron chi connectivity index (χ1n) is 7.87. The van der Waals surface area contributed by atoms with Gasteiger partial charge in [-0.3, -0.25) is 9.78 Å². The summed E-state index contributed by atoms with van der Waals surface area (Å²) in [5.74, 6) is 0.299. The second kappa shape index (κ2) is 8.67. The monoisotopic (exact) mass is 326 g/mol. The minimum atomic E-state index is -0.308. The number of rotatable bonds is 6. The highest BCUT2D eigenvalue weighted by Crippen LogP contribution is 2.14. The fourth-order valence-electron chi connectivity index (χ4n) is 2.07. The summed E-state index contributed by atoms with van der Waals surface area (Å²) in [6, 6.07) is 12.2. The zero-order valence-corrected chi connectivity index (χ0v) is 13.9. The number of hydrogen-bond acceptors (Lipinski definition) is 3. The zero-order chi connectivity index (χ0) is 17.4. The predicted octanol–water partition coefficient (Wildman–Crippen LogP) is 3.39. The molecule has 1 heterocycles. The van der Waals surface area contributed by atoms with E-state index in [1.807, 2.05) is 32.0 Å². The van der Waals surface area contributed by atoms with E-state index < -0.39 is 0 Å². The van der Waals surface area contributed by atoms with Crippen molar-refractivity contribution in [1.82, 2.24) is 10.3 Å². The van der Waals surface area contributed by atoms with Crippen LogP contribution in [0.4, 0.5) is 16.2 Å². The van der Waals surface area contributed by atoms with Gasteiger partial charge in [-0.05, 0) is 42.3 Å². The maximum absolute atomic E-state index is 11.9. The number of urea groups is 1. The molecule has 0 radical (unpaired) electrons. The maximum Gasteiger partial charge on any atom is 0.319 e. The molecule has 2 rings (SSSR count). The van der Waals surface area contributed by atoms with Gasteiger partial charge < -0.3 is 16.0 Å². The fraction of sp³-hybridized carbons (Fsp3) is 0.278. The van der Waals surface area contributed by atoms with E-state index in [4.69, 9.17) is 0 Å². The molecule has 0 aliphatic carbocycles. The molecule has 0 spiro atoms. The molecule has 0 aliphatic heterocycles. The van der Waals surface area contributed by atoms with Gasteiger partial charge in [-0.25, -0.2) is 4.79 Å². The number of aromatic nitrogens is 1. The normalized spacial score (nSPS) is 10.3. The predicted molar refractivity (Wildman–Crippen MR) is 94.6 cm³/mol. The lowest BCUT2D eigenvalue weighted by Gasteiger charge is -2.09. The summed E-state index contributed by atoms with van der Waals surface area (Å²) < 4.78 is 0. The largest absolute Gasteiger partial charge is 0.332 e. The van der Waals surface area contributed by atoms with Gasteiger partial charge in [0.05, 0.1) is 12.2 Å². The molecule has 6 heteroatoms. The topological polar surface area (TPSA) is 83.1 Å². The van der Waals surface area contributed by atoms with E-state index in [2.05, 4.69) is 20.9 Å². The summed E-state index contributed by atoms with van der Waals surface area (Å²) >= 11 is 0. The molecule has 24 heavy (non-hydrogen) atoms. The molecule has 1 aromatic carbocycles. The first-order chi connectivity index (χ1) is 11.5. The number of carbonyl (C=O) groups is 2. The van der Waals surface area contributed by atoms with Crippen LogP contribution in [0.3, 0.4) is 0 Å². The molecule has 6 nitrogen and oxygen atoms in total. The molecule has 0 atom stereocenters. The fourth-order valence-corrected chi connectivity index (χ4v) is 2.07. The van der Waals surface area contributed by atoms with Crippen molar-refractivity contribution in [2.24, 2.45) is 5.92 Å². The molecule has 126 valence electrons. The highest BCUT2D eigenvalue weighted by atomic mass is 16.2. The Hall–Kier alpha value is -2.89. The molecular weight excluding hydrogens is 304 g/mol. The second-order valence-corrected chi connectivity index (χ2v) is 5.85. The third-order valence-corrected chi connectivity index (χ3v) is 3.18. The van der Waals surface area contributed by atoms with Gasteiger partial charge in [0.25, 0.3) is 0 Å². The van der Waals surface area contributed by atoms with E-state index >= 15 is 0 Å². The lowest BCUT2D eigenvalue weighted by Crippen LogP contribution is -2.28. The van der Waals surface area contributed by atoms with Crippen LogP contribution in [0.2, 0.25) is 0 Å². The van der Waals surface area contributed by atoms with Crippen LogP contribution < -0.4 is 16.0 Å². The van der Waals surface area contributed by atoms with Crippen LogP contribution in [0.25, 0.3) is 0 Å². The van der Waals surface area contributed by atoms with E-state index in [0.717, 1.165) is 5.69 Å². The molecule has 0 unspecified atom stereocenters. The van der Waals surface area contributed by atoms with Crippen LogP contribution in [0, 0.1) is 5.92 Å². The van der Waals surface area contributed by atoms with E-state index in [-0.39, 0.29) is 11.9 Å².